The summed E-state index contributed by atoms with van der Waals surface area (Å²) >= 11 is 4.13. The topological polar surface area (TPSA) is 49.3 Å². The molecule has 0 radical (unpaired) electrons. The monoisotopic (exact) mass is 225 g/mol. The molecule has 0 aliphatic heterocycles. The molecule has 1 rings (SSSR count). The van der Waals surface area contributed by atoms with Gasteiger partial charge in [0.2, 0.25) is 0 Å². The van der Waals surface area contributed by atoms with Crippen molar-refractivity contribution in [1.82, 2.24) is 5.32 Å². The zero-order valence-electron chi connectivity index (χ0n) is 8.60. The summed E-state index contributed by atoms with van der Waals surface area (Å²) in [4.78, 5) is 12.3. The van der Waals surface area contributed by atoms with Gasteiger partial charge in [0.05, 0.1) is 6.10 Å². The van der Waals surface area contributed by atoms with Crippen molar-refractivity contribution in [2.24, 2.45) is 0 Å². The molecule has 1 aromatic carbocycles. The average Bonchev–Trinajstić information content (AvgIpc) is 2.18. The molecule has 3 nitrogen and oxygen atoms in total. The molecule has 0 aliphatic rings. The standard InChI is InChI=1S/C11H15NO2S/c1-8(13)6-7-12-11(14)9-2-4-10(15)5-3-9/h2-5,8,13,15H,6-7H2,1H3,(H,12,14). The van der Waals surface area contributed by atoms with E-state index < -0.39 is 0 Å². The molecule has 1 atom stereocenters. The summed E-state index contributed by atoms with van der Waals surface area (Å²) in [6.45, 7) is 2.18. The summed E-state index contributed by atoms with van der Waals surface area (Å²) in [5.41, 5.74) is 0.610. The number of rotatable bonds is 4. The van der Waals surface area contributed by atoms with E-state index >= 15 is 0 Å². The maximum atomic E-state index is 11.5. The van der Waals surface area contributed by atoms with Crippen molar-refractivity contribution in [1.29, 1.82) is 0 Å². The molecule has 4 heteroatoms. The van der Waals surface area contributed by atoms with E-state index in [-0.39, 0.29) is 12.0 Å². The number of hydrogen-bond acceptors (Lipinski definition) is 3. The van der Waals surface area contributed by atoms with Gasteiger partial charge in [-0.25, -0.2) is 0 Å². The molecule has 0 saturated heterocycles. The van der Waals surface area contributed by atoms with Gasteiger partial charge in [-0.05, 0) is 37.6 Å². The summed E-state index contributed by atoms with van der Waals surface area (Å²) in [5, 5.41) is 11.7. The third kappa shape index (κ3) is 4.36. The summed E-state index contributed by atoms with van der Waals surface area (Å²) in [6, 6.07) is 6.99. The molecular formula is C11H15NO2S. The van der Waals surface area contributed by atoms with Crippen molar-refractivity contribution >= 4 is 18.5 Å². The van der Waals surface area contributed by atoms with E-state index in [4.69, 9.17) is 5.11 Å². The molecule has 0 aliphatic carbocycles. The lowest BCUT2D eigenvalue weighted by Gasteiger charge is -2.06. The quantitative estimate of drug-likeness (QED) is 0.680. The van der Waals surface area contributed by atoms with Gasteiger partial charge < -0.3 is 10.4 Å². The molecule has 0 spiro atoms. The van der Waals surface area contributed by atoms with E-state index in [0.717, 1.165) is 4.90 Å². The van der Waals surface area contributed by atoms with Crippen molar-refractivity contribution in [2.75, 3.05) is 6.54 Å². The third-order valence-corrected chi connectivity index (χ3v) is 2.28. The fourth-order valence-electron chi connectivity index (χ4n) is 1.11. The van der Waals surface area contributed by atoms with E-state index in [2.05, 4.69) is 17.9 Å². The van der Waals surface area contributed by atoms with Gasteiger partial charge in [-0.1, -0.05) is 0 Å². The molecule has 82 valence electrons. The molecular weight excluding hydrogens is 210 g/mol. The molecule has 0 aromatic heterocycles. The van der Waals surface area contributed by atoms with Crippen molar-refractivity contribution in [3.05, 3.63) is 29.8 Å². The van der Waals surface area contributed by atoms with Crippen molar-refractivity contribution < 1.29 is 9.90 Å². The molecule has 0 saturated carbocycles. The van der Waals surface area contributed by atoms with Gasteiger partial charge in [-0.3, -0.25) is 4.79 Å². The number of carbonyl (C=O) groups excluding carboxylic acids is 1. The zero-order valence-corrected chi connectivity index (χ0v) is 9.50. The van der Waals surface area contributed by atoms with Crippen LogP contribution in [0.1, 0.15) is 23.7 Å². The van der Waals surface area contributed by atoms with Gasteiger partial charge in [-0.2, -0.15) is 0 Å². The highest BCUT2D eigenvalue weighted by Gasteiger charge is 2.04. The van der Waals surface area contributed by atoms with Crippen molar-refractivity contribution in [2.45, 2.75) is 24.3 Å². The van der Waals surface area contributed by atoms with E-state index in [9.17, 15) is 4.79 Å². The molecule has 1 aromatic rings. The van der Waals surface area contributed by atoms with Gasteiger partial charge >= 0.3 is 0 Å². The Labute approximate surface area is 94.9 Å². The first-order valence-corrected chi connectivity index (χ1v) is 5.29. The number of aliphatic hydroxyl groups is 1. The van der Waals surface area contributed by atoms with Gasteiger partial charge in [0, 0.05) is 17.0 Å². The number of nitrogens with one attached hydrogen (secondary N) is 1. The highest BCUT2D eigenvalue weighted by molar-refractivity contribution is 7.80. The van der Waals surface area contributed by atoms with E-state index in [0.29, 0.717) is 18.5 Å². The lowest BCUT2D eigenvalue weighted by atomic mass is 10.2. The number of amides is 1. The Hall–Kier alpha value is -1.00. The first kappa shape index (κ1) is 12.1. The minimum absolute atomic E-state index is 0.121. The molecule has 0 bridgehead atoms. The van der Waals surface area contributed by atoms with Crippen LogP contribution >= 0.6 is 12.6 Å². The van der Waals surface area contributed by atoms with Crippen LogP contribution in [0.5, 0.6) is 0 Å². The number of hydrogen-bond donors (Lipinski definition) is 3. The summed E-state index contributed by atoms with van der Waals surface area (Å²) in [7, 11) is 0. The summed E-state index contributed by atoms with van der Waals surface area (Å²) < 4.78 is 0. The predicted molar refractivity (Wildman–Crippen MR) is 62.3 cm³/mol. The van der Waals surface area contributed by atoms with Crippen LogP contribution in [0.4, 0.5) is 0 Å². The smallest absolute Gasteiger partial charge is 0.251 e. The van der Waals surface area contributed by atoms with Crippen LogP contribution in [0, 0.1) is 0 Å². The highest BCUT2D eigenvalue weighted by Crippen LogP contribution is 2.07. The summed E-state index contributed by atoms with van der Waals surface area (Å²) in [5.74, 6) is -0.121. The fraction of sp³-hybridized carbons (Fsp3) is 0.364. The van der Waals surface area contributed by atoms with Gasteiger partial charge in [0.25, 0.3) is 5.91 Å². The zero-order chi connectivity index (χ0) is 11.3. The Morgan fingerprint density at radius 2 is 2.07 bits per heavy atom. The van der Waals surface area contributed by atoms with Crippen LogP contribution in [0.15, 0.2) is 29.2 Å². The summed E-state index contributed by atoms with van der Waals surface area (Å²) in [6.07, 6.45) is 0.182. The largest absolute Gasteiger partial charge is 0.393 e. The van der Waals surface area contributed by atoms with Crippen LogP contribution in [0.25, 0.3) is 0 Å². The second kappa shape index (κ2) is 5.78. The minimum Gasteiger partial charge on any atom is -0.393 e. The van der Waals surface area contributed by atoms with E-state index in [1.807, 2.05) is 0 Å². The number of carbonyl (C=O) groups is 1. The fourth-order valence-corrected chi connectivity index (χ4v) is 1.26. The first-order valence-electron chi connectivity index (χ1n) is 4.85. The highest BCUT2D eigenvalue weighted by atomic mass is 32.1. The number of aliphatic hydroxyl groups excluding tert-OH is 1. The van der Waals surface area contributed by atoms with Gasteiger partial charge in [0.15, 0.2) is 0 Å². The minimum atomic E-state index is -0.384. The van der Waals surface area contributed by atoms with Crippen LogP contribution in [0.3, 0.4) is 0 Å². The Bertz CT molecular complexity index is 322. The van der Waals surface area contributed by atoms with Crippen molar-refractivity contribution in [3.8, 4) is 0 Å². The van der Waals surface area contributed by atoms with Crippen molar-refractivity contribution in [3.63, 3.8) is 0 Å². The van der Waals surface area contributed by atoms with Crippen LogP contribution in [-0.4, -0.2) is 23.7 Å². The maximum absolute atomic E-state index is 11.5. The van der Waals surface area contributed by atoms with Gasteiger partial charge in [0.1, 0.15) is 0 Å². The average molecular weight is 225 g/mol. The molecule has 0 fully saturated rings. The van der Waals surface area contributed by atoms with E-state index in [1.54, 1.807) is 31.2 Å². The third-order valence-electron chi connectivity index (χ3n) is 1.98. The molecule has 1 amide bonds. The Morgan fingerprint density at radius 3 is 2.60 bits per heavy atom. The molecule has 2 N–H and O–H groups in total. The number of benzene rings is 1. The lowest BCUT2D eigenvalue weighted by Crippen LogP contribution is -2.26. The normalized spacial score (nSPS) is 12.2. The SMILES string of the molecule is CC(O)CCNC(=O)c1ccc(S)cc1. The van der Waals surface area contributed by atoms with Crippen LogP contribution in [-0.2, 0) is 0 Å². The molecule has 15 heavy (non-hydrogen) atoms. The van der Waals surface area contributed by atoms with Crippen LogP contribution in [0.2, 0.25) is 0 Å². The predicted octanol–water partition coefficient (Wildman–Crippen LogP) is 1.48. The second-order valence-electron chi connectivity index (χ2n) is 3.44. The van der Waals surface area contributed by atoms with Crippen LogP contribution < -0.4 is 5.32 Å². The lowest BCUT2D eigenvalue weighted by molar-refractivity contribution is 0.0945. The first-order chi connectivity index (χ1) is 7.09. The Morgan fingerprint density at radius 1 is 1.47 bits per heavy atom. The molecule has 0 heterocycles. The maximum Gasteiger partial charge on any atom is 0.251 e. The number of thiol groups is 1. The van der Waals surface area contributed by atoms with E-state index in [1.165, 1.54) is 0 Å². The Balaban J connectivity index is 2.43. The second-order valence-corrected chi connectivity index (χ2v) is 3.96. The Kier molecular flexibility index (Phi) is 4.65. The van der Waals surface area contributed by atoms with Gasteiger partial charge in [-0.15, -0.1) is 12.6 Å². The molecule has 1 unspecified atom stereocenters.